The van der Waals surface area contributed by atoms with Gasteiger partial charge in [0.05, 0.1) is 16.8 Å². The van der Waals surface area contributed by atoms with Crippen molar-refractivity contribution in [3.05, 3.63) is 35.9 Å². The average molecular weight is 330 g/mol. The fourth-order valence-corrected chi connectivity index (χ4v) is 2.97. The molecule has 0 radical (unpaired) electrons. The Morgan fingerprint density at radius 1 is 1.35 bits per heavy atom. The molecule has 0 spiro atoms. The Morgan fingerprint density at radius 3 is 2.91 bits per heavy atom. The molecule has 120 valence electrons. The maximum Gasteiger partial charge on any atom is 0.230 e. The Hall–Kier alpha value is -2.35. The Bertz CT molecular complexity index is 824. The second kappa shape index (κ2) is 6.82. The third kappa shape index (κ3) is 3.70. The predicted molar refractivity (Wildman–Crippen MR) is 89.3 cm³/mol. The highest BCUT2D eigenvalue weighted by Crippen LogP contribution is 2.14. The molecule has 2 heterocycles. The molecule has 2 aromatic heterocycles. The number of nitrogens with one attached hydrogen (secondary N) is 2. The number of hydrogen-bond donors (Lipinski definition) is 2. The average Bonchev–Trinajstić information content (AvgIpc) is 3.10. The second-order valence-electron chi connectivity index (χ2n) is 5.17. The van der Waals surface area contributed by atoms with E-state index in [1.807, 2.05) is 38.2 Å². The van der Waals surface area contributed by atoms with E-state index in [4.69, 9.17) is 0 Å². The molecule has 1 aromatic carbocycles. The van der Waals surface area contributed by atoms with Gasteiger partial charge in [-0.05, 0) is 19.1 Å². The van der Waals surface area contributed by atoms with Crippen molar-refractivity contribution in [1.29, 1.82) is 0 Å². The van der Waals surface area contributed by atoms with Crippen LogP contribution in [0.3, 0.4) is 0 Å². The van der Waals surface area contributed by atoms with Crippen LogP contribution in [0.25, 0.3) is 11.0 Å². The van der Waals surface area contributed by atoms with Gasteiger partial charge in [0.15, 0.2) is 0 Å². The number of carbonyl (C=O) groups excluding carboxylic acids is 1. The Labute approximate surface area is 137 Å². The minimum absolute atomic E-state index is 0.0313. The van der Waals surface area contributed by atoms with Crippen LogP contribution in [0.2, 0.25) is 0 Å². The first kappa shape index (κ1) is 15.5. The van der Waals surface area contributed by atoms with Crippen LogP contribution in [-0.2, 0) is 18.3 Å². The summed E-state index contributed by atoms with van der Waals surface area (Å²) in [5, 5.41) is 10.2. The topological polar surface area (TPSA) is 88.5 Å². The smallest absolute Gasteiger partial charge is 0.230 e. The molecular formula is C15H18N6OS. The standard InChI is InChI=1S/C15H18N6OS/c1-10-17-15(20-19-10)23-9-14(22)16-8-7-13-18-11-5-3-4-6-12(11)21(13)2/h3-6H,7-9H2,1-2H3,(H,16,22)(H,17,19,20). The van der Waals surface area contributed by atoms with Gasteiger partial charge in [-0.2, -0.15) is 0 Å². The van der Waals surface area contributed by atoms with Crippen molar-refractivity contribution in [2.75, 3.05) is 12.3 Å². The number of nitrogens with zero attached hydrogens (tertiary/aromatic N) is 4. The van der Waals surface area contributed by atoms with Gasteiger partial charge in [0.25, 0.3) is 0 Å². The molecule has 0 unspecified atom stereocenters. The first-order valence-electron chi connectivity index (χ1n) is 7.32. The molecule has 8 heteroatoms. The minimum Gasteiger partial charge on any atom is -0.355 e. The number of imidazole rings is 1. The SMILES string of the molecule is Cc1nc(SCC(=O)NCCc2nc3ccccc3n2C)n[nH]1. The Balaban J connectivity index is 1.48. The van der Waals surface area contributed by atoms with Gasteiger partial charge in [-0.25, -0.2) is 9.97 Å². The van der Waals surface area contributed by atoms with Crippen LogP contribution in [0, 0.1) is 6.92 Å². The first-order chi connectivity index (χ1) is 11.1. The Kier molecular flexibility index (Phi) is 4.61. The van der Waals surface area contributed by atoms with Crippen molar-refractivity contribution in [3.63, 3.8) is 0 Å². The van der Waals surface area contributed by atoms with Gasteiger partial charge < -0.3 is 9.88 Å². The van der Waals surface area contributed by atoms with E-state index >= 15 is 0 Å². The highest BCUT2D eigenvalue weighted by Gasteiger charge is 2.09. The quantitative estimate of drug-likeness (QED) is 0.668. The van der Waals surface area contributed by atoms with Crippen molar-refractivity contribution < 1.29 is 4.79 Å². The zero-order valence-electron chi connectivity index (χ0n) is 13.0. The largest absolute Gasteiger partial charge is 0.355 e. The first-order valence-corrected chi connectivity index (χ1v) is 8.31. The van der Waals surface area contributed by atoms with Crippen LogP contribution in [0.15, 0.2) is 29.4 Å². The van der Waals surface area contributed by atoms with E-state index in [1.54, 1.807) is 0 Å². The highest BCUT2D eigenvalue weighted by atomic mass is 32.2. The highest BCUT2D eigenvalue weighted by molar-refractivity contribution is 7.99. The third-order valence-electron chi connectivity index (χ3n) is 3.46. The summed E-state index contributed by atoms with van der Waals surface area (Å²) in [7, 11) is 1.99. The zero-order valence-corrected chi connectivity index (χ0v) is 13.9. The number of aromatic amines is 1. The monoisotopic (exact) mass is 330 g/mol. The summed E-state index contributed by atoms with van der Waals surface area (Å²) in [5.41, 5.74) is 2.08. The van der Waals surface area contributed by atoms with Crippen molar-refractivity contribution in [1.82, 2.24) is 30.0 Å². The molecule has 3 aromatic rings. The van der Waals surface area contributed by atoms with E-state index in [1.165, 1.54) is 11.8 Å². The maximum atomic E-state index is 11.8. The molecule has 7 nitrogen and oxygen atoms in total. The van der Waals surface area contributed by atoms with Gasteiger partial charge in [0, 0.05) is 20.0 Å². The van der Waals surface area contributed by atoms with Crippen LogP contribution in [0.1, 0.15) is 11.6 Å². The zero-order chi connectivity index (χ0) is 16.2. The van der Waals surface area contributed by atoms with E-state index in [0.29, 0.717) is 23.9 Å². The number of amides is 1. The van der Waals surface area contributed by atoms with Crippen LogP contribution in [-0.4, -0.2) is 42.9 Å². The number of thioether (sulfide) groups is 1. The predicted octanol–water partition coefficient (Wildman–Crippen LogP) is 1.45. The number of carbonyl (C=O) groups is 1. The number of fused-ring (bicyclic) bond motifs is 1. The summed E-state index contributed by atoms with van der Waals surface area (Å²) >= 11 is 1.32. The number of benzene rings is 1. The van der Waals surface area contributed by atoms with Gasteiger partial charge in [0.1, 0.15) is 11.6 Å². The summed E-state index contributed by atoms with van der Waals surface area (Å²) in [6.07, 6.45) is 0.696. The fourth-order valence-electron chi connectivity index (χ4n) is 2.30. The van der Waals surface area contributed by atoms with Crippen LogP contribution in [0.5, 0.6) is 0 Å². The van der Waals surface area contributed by atoms with Crippen LogP contribution >= 0.6 is 11.8 Å². The van der Waals surface area contributed by atoms with Crippen molar-refractivity contribution in [2.24, 2.45) is 7.05 Å². The number of rotatable bonds is 6. The summed E-state index contributed by atoms with van der Waals surface area (Å²) in [6, 6.07) is 8.01. The molecule has 0 saturated heterocycles. The van der Waals surface area contributed by atoms with E-state index in [0.717, 1.165) is 22.7 Å². The molecule has 2 N–H and O–H groups in total. The molecule has 0 atom stereocenters. The lowest BCUT2D eigenvalue weighted by Gasteiger charge is -2.04. The Morgan fingerprint density at radius 2 is 2.17 bits per heavy atom. The number of H-pyrrole nitrogens is 1. The van der Waals surface area contributed by atoms with Gasteiger partial charge in [-0.15, -0.1) is 5.10 Å². The summed E-state index contributed by atoms with van der Waals surface area (Å²) in [5.74, 6) is 1.98. The number of hydrogen-bond acceptors (Lipinski definition) is 5. The van der Waals surface area contributed by atoms with E-state index in [-0.39, 0.29) is 5.91 Å². The lowest BCUT2D eigenvalue weighted by Crippen LogP contribution is -2.27. The second-order valence-corrected chi connectivity index (χ2v) is 6.11. The van der Waals surface area contributed by atoms with Crippen molar-refractivity contribution >= 4 is 28.7 Å². The molecule has 0 fully saturated rings. The van der Waals surface area contributed by atoms with Gasteiger partial charge in [0.2, 0.25) is 11.1 Å². The lowest BCUT2D eigenvalue weighted by atomic mass is 10.3. The summed E-state index contributed by atoms with van der Waals surface area (Å²) < 4.78 is 2.06. The summed E-state index contributed by atoms with van der Waals surface area (Å²) in [6.45, 7) is 2.39. The third-order valence-corrected chi connectivity index (χ3v) is 4.31. The van der Waals surface area contributed by atoms with Crippen molar-refractivity contribution in [3.8, 4) is 0 Å². The maximum absolute atomic E-state index is 11.8. The normalized spacial score (nSPS) is 11.0. The molecule has 0 aliphatic carbocycles. The molecule has 3 rings (SSSR count). The minimum atomic E-state index is -0.0313. The van der Waals surface area contributed by atoms with Crippen molar-refractivity contribution in [2.45, 2.75) is 18.5 Å². The van der Waals surface area contributed by atoms with Gasteiger partial charge in [-0.3, -0.25) is 9.89 Å². The molecule has 0 bridgehead atoms. The molecule has 1 amide bonds. The molecule has 23 heavy (non-hydrogen) atoms. The van der Waals surface area contributed by atoms with E-state index in [2.05, 4.69) is 30.0 Å². The molecule has 0 aliphatic heterocycles. The number of aromatic nitrogens is 5. The van der Waals surface area contributed by atoms with Gasteiger partial charge in [-0.1, -0.05) is 23.9 Å². The van der Waals surface area contributed by atoms with E-state index < -0.39 is 0 Å². The molecule has 0 saturated carbocycles. The lowest BCUT2D eigenvalue weighted by molar-refractivity contribution is -0.118. The number of para-hydroxylation sites is 2. The molecular weight excluding hydrogens is 312 g/mol. The van der Waals surface area contributed by atoms with Crippen LogP contribution in [0.4, 0.5) is 0 Å². The number of aryl methyl sites for hydroxylation is 2. The fraction of sp³-hybridized carbons (Fsp3) is 0.333. The summed E-state index contributed by atoms with van der Waals surface area (Å²) in [4.78, 5) is 20.6. The molecule has 0 aliphatic rings. The van der Waals surface area contributed by atoms with Crippen LogP contribution < -0.4 is 5.32 Å². The van der Waals surface area contributed by atoms with Gasteiger partial charge >= 0.3 is 0 Å². The van der Waals surface area contributed by atoms with E-state index in [9.17, 15) is 4.79 Å².